The lowest BCUT2D eigenvalue weighted by Gasteiger charge is -2.39. The van der Waals surface area contributed by atoms with Gasteiger partial charge in [0.25, 0.3) is 0 Å². The number of allylic oxidation sites excluding steroid dienone is 10. The fraction of sp³-hybridized carbons (Fsp3) is 0.778. The van der Waals surface area contributed by atoms with E-state index in [0.29, 0.717) is 12.8 Å². The van der Waals surface area contributed by atoms with Crippen molar-refractivity contribution in [1.29, 1.82) is 0 Å². The Balaban J connectivity index is 2.27. The summed E-state index contributed by atoms with van der Waals surface area (Å²) in [5.41, 5.74) is 0. The summed E-state index contributed by atoms with van der Waals surface area (Å²) in [7, 11) is 0. The highest BCUT2D eigenvalue weighted by atomic mass is 16.7. The molecule has 0 amide bonds. The van der Waals surface area contributed by atoms with Crippen LogP contribution in [0.1, 0.15) is 213 Å². The summed E-state index contributed by atoms with van der Waals surface area (Å²) in [6.45, 7) is 3.28. The standard InChI is InChI=1S/C54H94O10/c1-3-5-7-9-11-13-15-17-19-21-22-23-24-25-27-28-30-32-34-36-38-40-42-49(56)61-45-47(46-62-54-53(60)52(59)51(58)48(44-55)64-54)63-50(57)43-41-39-37-35-33-31-29-26-20-18-16-14-12-10-8-6-4-2/h6,8,12,14,18,20,29,31,35,37,47-48,51-55,58-60H,3-5,7,9-11,13,15-17,19,21-28,30,32-34,36,38-46H2,1-2H3/b8-6-,14-12-,20-18-,31-29-,37-35-. The van der Waals surface area contributed by atoms with Crippen molar-refractivity contribution in [2.75, 3.05) is 19.8 Å². The Bertz CT molecular complexity index is 1230. The molecule has 0 spiro atoms. The number of hydrogen-bond acceptors (Lipinski definition) is 10. The maximum atomic E-state index is 12.8. The molecule has 1 rings (SSSR count). The Hall–Kier alpha value is -2.60. The van der Waals surface area contributed by atoms with E-state index in [9.17, 15) is 30.0 Å². The van der Waals surface area contributed by atoms with Crippen molar-refractivity contribution in [1.82, 2.24) is 0 Å². The normalized spacial score (nSPS) is 19.9. The third-order valence-electron chi connectivity index (χ3n) is 11.7. The first-order chi connectivity index (χ1) is 31.3. The Morgan fingerprint density at radius 3 is 1.38 bits per heavy atom. The molecule has 6 atom stereocenters. The molecule has 0 saturated carbocycles. The van der Waals surface area contributed by atoms with E-state index in [2.05, 4.69) is 68.5 Å². The quantitative estimate of drug-likeness (QED) is 0.0264. The van der Waals surface area contributed by atoms with Crippen molar-refractivity contribution in [2.45, 2.75) is 250 Å². The molecular formula is C54H94O10. The van der Waals surface area contributed by atoms with Crippen molar-refractivity contribution < 1.29 is 49.0 Å². The van der Waals surface area contributed by atoms with Crippen LogP contribution < -0.4 is 0 Å². The zero-order valence-electron chi connectivity index (χ0n) is 40.5. The highest BCUT2D eigenvalue weighted by Crippen LogP contribution is 2.23. The Morgan fingerprint density at radius 2 is 0.922 bits per heavy atom. The first-order valence-electron chi connectivity index (χ1n) is 25.9. The second-order valence-electron chi connectivity index (χ2n) is 17.6. The smallest absolute Gasteiger partial charge is 0.306 e. The second-order valence-corrected chi connectivity index (χ2v) is 17.6. The van der Waals surface area contributed by atoms with Gasteiger partial charge in [0, 0.05) is 12.8 Å². The molecule has 0 aliphatic carbocycles. The van der Waals surface area contributed by atoms with E-state index in [1.165, 1.54) is 122 Å². The van der Waals surface area contributed by atoms with E-state index in [1.807, 2.05) is 6.08 Å². The second kappa shape index (κ2) is 44.2. The molecular weight excluding hydrogens is 809 g/mol. The number of hydrogen-bond donors (Lipinski definition) is 4. The number of aliphatic hydroxyl groups excluding tert-OH is 4. The lowest BCUT2D eigenvalue weighted by Crippen LogP contribution is -2.59. The molecule has 10 heteroatoms. The van der Waals surface area contributed by atoms with Crippen LogP contribution >= 0.6 is 0 Å². The van der Waals surface area contributed by atoms with Gasteiger partial charge in [-0.25, -0.2) is 0 Å². The van der Waals surface area contributed by atoms with E-state index in [1.54, 1.807) is 0 Å². The third kappa shape index (κ3) is 34.7. The predicted octanol–water partition coefficient (Wildman–Crippen LogP) is 12.2. The van der Waals surface area contributed by atoms with Gasteiger partial charge in [0.2, 0.25) is 0 Å². The van der Waals surface area contributed by atoms with Gasteiger partial charge in [0.05, 0.1) is 13.2 Å². The van der Waals surface area contributed by atoms with Crippen LogP contribution in [0.25, 0.3) is 0 Å². The minimum absolute atomic E-state index is 0.151. The summed E-state index contributed by atoms with van der Waals surface area (Å²) in [6.07, 6.45) is 48.1. The van der Waals surface area contributed by atoms with Crippen LogP contribution in [0.2, 0.25) is 0 Å². The molecule has 0 aromatic heterocycles. The average molecular weight is 903 g/mol. The maximum absolute atomic E-state index is 12.8. The maximum Gasteiger partial charge on any atom is 0.306 e. The van der Waals surface area contributed by atoms with Gasteiger partial charge in [-0.3, -0.25) is 9.59 Å². The fourth-order valence-electron chi connectivity index (χ4n) is 7.64. The van der Waals surface area contributed by atoms with Crippen LogP contribution in [0.5, 0.6) is 0 Å². The summed E-state index contributed by atoms with van der Waals surface area (Å²) in [5.74, 6) is -0.870. The highest BCUT2D eigenvalue weighted by molar-refractivity contribution is 5.70. The third-order valence-corrected chi connectivity index (χ3v) is 11.7. The van der Waals surface area contributed by atoms with Crippen molar-refractivity contribution in [2.24, 2.45) is 0 Å². The minimum atomic E-state index is -1.61. The van der Waals surface area contributed by atoms with E-state index < -0.39 is 49.4 Å². The van der Waals surface area contributed by atoms with Gasteiger partial charge in [-0.2, -0.15) is 0 Å². The molecule has 64 heavy (non-hydrogen) atoms. The van der Waals surface area contributed by atoms with Crippen molar-refractivity contribution in [3.8, 4) is 0 Å². The summed E-state index contributed by atoms with van der Waals surface area (Å²) in [6, 6.07) is 0. The Morgan fingerprint density at radius 1 is 0.500 bits per heavy atom. The zero-order chi connectivity index (χ0) is 46.6. The summed E-state index contributed by atoms with van der Waals surface area (Å²) < 4.78 is 22.2. The fourth-order valence-corrected chi connectivity index (χ4v) is 7.64. The molecule has 6 unspecified atom stereocenters. The number of aliphatic hydroxyl groups is 4. The predicted molar refractivity (Wildman–Crippen MR) is 261 cm³/mol. The molecule has 1 aliphatic heterocycles. The molecule has 0 aromatic rings. The number of carbonyl (C=O) groups excluding carboxylic acids is 2. The first kappa shape index (κ1) is 59.4. The van der Waals surface area contributed by atoms with Gasteiger partial charge in [0.15, 0.2) is 12.4 Å². The molecule has 10 nitrogen and oxygen atoms in total. The van der Waals surface area contributed by atoms with Gasteiger partial charge in [-0.1, -0.05) is 209 Å². The molecule has 0 radical (unpaired) electrons. The van der Waals surface area contributed by atoms with Crippen LogP contribution in [0.15, 0.2) is 60.8 Å². The lowest BCUT2D eigenvalue weighted by molar-refractivity contribution is -0.305. The van der Waals surface area contributed by atoms with Gasteiger partial charge in [-0.15, -0.1) is 0 Å². The van der Waals surface area contributed by atoms with Crippen molar-refractivity contribution in [3.05, 3.63) is 60.8 Å². The monoisotopic (exact) mass is 903 g/mol. The molecule has 1 saturated heterocycles. The van der Waals surface area contributed by atoms with Crippen LogP contribution in [-0.4, -0.2) is 89.0 Å². The molecule has 0 bridgehead atoms. The number of rotatable bonds is 43. The van der Waals surface area contributed by atoms with E-state index in [-0.39, 0.29) is 32.0 Å². The Labute approximate surface area is 390 Å². The van der Waals surface area contributed by atoms with Gasteiger partial charge >= 0.3 is 11.9 Å². The van der Waals surface area contributed by atoms with Gasteiger partial charge in [-0.05, 0) is 51.4 Å². The lowest BCUT2D eigenvalue weighted by atomic mass is 9.99. The molecule has 1 fully saturated rings. The highest BCUT2D eigenvalue weighted by Gasteiger charge is 2.44. The molecule has 1 aliphatic rings. The van der Waals surface area contributed by atoms with E-state index in [0.717, 1.165) is 51.4 Å². The number of unbranched alkanes of at least 4 members (excludes halogenated alkanes) is 22. The number of ether oxygens (including phenoxy) is 4. The minimum Gasteiger partial charge on any atom is -0.462 e. The summed E-state index contributed by atoms with van der Waals surface area (Å²) in [5, 5.41) is 40.2. The summed E-state index contributed by atoms with van der Waals surface area (Å²) in [4.78, 5) is 25.4. The van der Waals surface area contributed by atoms with Crippen molar-refractivity contribution in [3.63, 3.8) is 0 Å². The molecule has 1 heterocycles. The number of carbonyl (C=O) groups is 2. The number of esters is 2. The molecule has 4 N–H and O–H groups in total. The van der Waals surface area contributed by atoms with E-state index >= 15 is 0 Å². The van der Waals surface area contributed by atoms with Gasteiger partial charge in [0.1, 0.15) is 31.0 Å². The van der Waals surface area contributed by atoms with Crippen LogP contribution in [0.4, 0.5) is 0 Å². The summed E-state index contributed by atoms with van der Waals surface area (Å²) >= 11 is 0. The SMILES string of the molecule is CC/C=C\C/C=C\C/C=C\C/C=C\C/C=C\CCCC(=O)OC(COC(=O)CCCCCCCCCCCCCCCCCCCCCCCC)COC1OC(CO)C(O)C(O)C1O. The molecule has 370 valence electrons. The first-order valence-corrected chi connectivity index (χ1v) is 25.9. The topological polar surface area (TPSA) is 152 Å². The van der Waals surface area contributed by atoms with Crippen LogP contribution in [0, 0.1) is 0 Å². The van der Waals surface area contributed by atoms with Crippen molar-refractivity contribution >= 4 is 11.9 Å². The van der Waals surface area contributed by atoms with Crippen LogP contribution in [-0.2, 0) is 28.5 Å². The largest absolute Gasteiger partial charge is 0.462 e. The molecule has 0 aromatic carbocycles. The zero-order valence-corrected chi connectivity index (χ0v) is 40.5. The Kier molecular flexibility index (Phi) is 41.1. The van der Waals surface area contributed by atoms with Gasteiger partial charge < -0.3 is 39.4 Å². The van der Waals surface area contributed by atoms with E-state index in [4.69, 9.17) is 18.9 Å². The van der Waals surface area contributed by atoms with Crippen LogP contribution in [0.3, 0.4) is 0 Å². The average Bonchev–Trinajstić information content (AvgIpc) is 3.29.